The molecule has 1 aromatic heterocycles. The van der Waals surface area contributed by atoms with E-state index >= 15 is 0 Å². The number of aromatic nitrogens is 1. The summed E-state index contributed by atoms with van der Waals surface area (Å²) in [5, 5.41) is 3.08. The zero-order valence-electron chi connectivity index (χ0n) is 17.6. The van der Waals surface area contributed by atoms with Crippen molar-refractivity contribution >= 4 is 27.4 Å². The van der Waals surface area contributed by atoms with E-state index < -0.39 is 21.8 Å². The van der Waals surface area contributed by atoms with Crippen LogP contribution in [-0.2, 0) is 21.0 Å². The Bertz CT molecular complexity index is 1090. The number of halogens is 3. The molecule has 2 aliphatic heterocycles. The molecule has 33 heavy (non-hydrogen) atoms. The summed E-state index contributed by atoms with van der Waals surface area (Å²) in [4.78, 5) is 17.1. The average Bonchev–Trinajstić information content (AvgIpc) is 2.73. The number of hydrogen-bond acceptors (Lipinski definition) is 6. The topological polar surface area (TPSA) is 109 Å². The fraction of sp³-hybridized carbons (Fsp3) is 0.429. The van der Waals surface area contributed by atoms with Gasteiger partial charge in [0.1, 0.15) is 5.82 Å². The SMILES string of the molecule is NC(=O)C1CN(c2ccc(S(=O)(=O)N3CCC(Nc4ccc(C(F)(F)F)cn4)CC3)cc2)C1. The first-order valence-electron chi connectivity index (χ1n) is 10.5. The van der Waals surface area contributed by atoms with E-state index in [0.29, 0.717) is 31.7 Å². The maximum absolute atomic E-state index is 13.0. The number of sulfonamides is 1. The first kappa shape index (κ1) is 23.3. The standard InChI is InChI=1S/C21H24F3N5O3S/c22-21(23,24)15-1-6-19(26-11-15)27-16-7-9-29(10-8-16)33(31,32)18-4-2-17(3-5-18)28-12-14(13-28)20(25)30/h1-6,11,14,16H,7-10,12-13H2,(H2,25,30)(H,26,27). The minimum absolute atomic E-state index is 0.0901. The van der Waals surface area contributed by atoms with Crippen molar-refractivity contribution in [2.75, 3.05) is 36.4 Å². The number of hydrogen-bond donors (Lipinski definition) is 2. The highest BCUT2D eigenvalue weighted by Crippen LogP contribution is 2.30. The second-order valence-electron chi connectivity index (χ2n) is 8.25. The number of nitrogens with one attached hydrogen (secondary N) is 1. The van der Waals surface area contributed by atoms with Crippen LogP contribution in [0.1, 0.15) is 18.4 Å². The van der Waals surface area contributed by atoms with E-state index in [0.717, 1.165) is 18.0 Å². The zero-order valence-corrected chi connectivity index (χ0v) is 18.4. The zero-order chi connectivity index (χ0) is 23.8. The number of alkyl halides is 3. The molecule has 0 unspecified atom stereocenters. The Kier molecular flexibility index (Phi) is 6.23. The lowest BCUT2D eigenvalue weighted by Crippen LogP contribution is -2.52. The summed E-state index contributed by atoms with van der Waals surface area (Å²) in [5.74, 6) is -0.192. The second-order valence-corrected chi connectivity index (χ2v) is 10.2. The Morgan fingerprint density at radius 3 is 2.21 bits per heavy atom. The Morgan fingerprint density at radius 1 is 1.06 bits per heavy atom. The van der Waals surface area contributed by atoms with E-state index in [2.05, 4.69) is 10.3 Å². The quantitative estimate of drug-likeness (QED) is 0.653. The highest BCUT2D eigenvalue weighted by Gasteiger charge is 2.33. The van der Waals surface area contributed by atoms with Gasteiger partial charge in [0.25, 0.3) is 0 Å². The van der Waals surface area contributed by atoms with Crippen LogP contribution in [0.5, 0.6) is 0 Å². The van der Waals surface area contributed by atoms with Gasteiger partial charge in [-0.1, -0.05) is 0 Å². The van der Waals surface area contributed by atoms with Crippen LogP contribution in [0.2, 0.25) is 0 Å². The number of nitrogens with zero attached hydrogens (tertiary/aromatic N) is 3. The predicted molar refractivity (Wildman–Crippen MR) is 116 cm³/mol. The van der Waals surface area contributed by atoms with Gasteiger partial charge in [0.15, 0.2) is 0 Å². The van der Waals surface area contributed by atoms with Crippen LogP contribution < -0.4 is 16.0 Å². The predicted octanol–water partition coefficient (Wildman–Crippen LogP) is 2.29. The van der Waals surface area contributed by atoms with E-state index in [9.17, 15) is 26.4 Å². The molecular weight excluding hydrogens is 459 g/mol. The van der Waals surface area contributed by atoms with E-state index in [-0.39, 0.29) is 35.9 Å². The molecule has 1 amide bonds. The van der Waals surface area contributed by atoms with Crippen LogP contribution in [0, 0.1) is 5.92 Å². The minimum Gasteiger partial charge on any atom is -0.370 e. The molecule has 3 heterocycles. The number of anilines is 2. The number of pyridine rings is 1. The van der Waals surface area contributed by atoms with E-state index in [1.54, 1.807) is 24.3 Å². The van der Waals surface area contributed by atoms with E-state index in [1.807, 2.05) is 4.90 Å². The lowest BCUT2D eigenvalue weighted by molar-refractivity contribution is -0.137. The maximum Gasteiger partial charge on any atom is 0.417 e. The van der Waals surface area contributed by atoms with Crippen LogP contribution in [0.3, 0.4) is 0 Å². The van der Waals surface area contributed by atoms with Gasteiger partial charge in [-0.05, 0) is 49.2 Å². The van der Waals surface area contributed by atoms with E-state index in [1.165, 1.54) is 10.4 Å². The second kappa shape index (κ2) is 8.82. The molecule has 0 bridgehead atoms. The Morgan fingerprint density at radius 2 is 1.70 bits per heavy atom. The van der Waals surface area contributed by atoms with E-state index in [4.69, 9.17) is 5.73 Å². The van der Waals surface area contributed by atoms with Crippen molar-refractivity contribution in [3.63, 3.8) is 0 Å². The first-order valence-corrected chi connectivity index (χ1v) is 11.9. The number of carbonyl (C=O) groups is 1. The Balaban J connectivity index is 1.32. The molecule has 8 nitrogen and oxygen atoms in total. The highest BCUT2D eigenvalue weighted by atomic mass is 32.2. The average molecular weight is 484 g/mol. The van der Waals surface area contributed by atoms with Crippen LogP contribution >= 0.6 is 0 Å². The largest absolute Gasteiger partial charge is 0.417 e. The smallest absolute Gasteiger partial charge is 0.370 e. The molecule has 1 aromatic carbocycles. The van der Waals surface area contributed by atoms with Crippen molar-refractivity contribution in [1.29, 1.82) is 0 Å². The summed E-state index contributed by atoms with van der Waals surface area (Å²) in [5.41, 5.74) is 5.29. The third kappa shape index (κ3) is 5.06. The molecule has 2 fully saturated rings. The lowest BCUT2D eigenvalue weighted by atomic mass is 9.99. The summed E-state index contributed by atoms with van der Waals surface area (Å²) < 4.78 is 65.4. The van der Waals surface area contributed by atoms with Crippen molar-refractivity contribution in [2.45, 2.75) is 30.0 Å². The van der Waals surface area contributed by atoms with Crippen molar-refractivity contribution in [1.82, 2.24) is 9.29 Å². The molecule has 12 heteroatoms. The van der Waals surface area contributed by atoms with Gasteiger partial charge < -0.3 is 16.0 Å². The molecule has 0 aliphatic carbocycles. The monoisotopic (exact) mass is 483 g/mol. The molecule has 2 aromatic rings. The number of primary amides is 1. The molecule has 2 saturated heterocycles. The fourth-order valence-corrected chi connectivity index (χ4v) is 5.41. The summed E-state index contributed by atoms with van der Waals surface area (Å²) >= 11 is 0. The normalized spacial score (nSPS) is 18.7. The molecule has 178 valence electrons. The summed E-state index contributed by atoms with van der Waals surface area (Å²) in [7, 11) is -3.66. The third-order valence-electron chi connectivity index (χ3n) is 6.02. The molecule has 0 saturated carbocycles. The summed E-state index contributed by atoms with van der Waals surface area (Å²) in [6.07, 6.45) is -2.66. The van der Waals surface area contributed by atoms with Gasteiger partial charge in [-0.2, -0.15) is 17.5 Å². The number of nitrogens with two attached hydrogens (primary N) is 1. The van der Waals surface area contributed by atoms with Crippen LogP contribution in [0.4, 0.5) is 24.7 Å². The van der Waals surface area contributed by atoms with Gasteiger partial charge in [0.05, 0.1) is 16.4 Å². The Labute approximate surface area is 189 Å². The number of carbonyl (C=O) groups excluding carboxylic acids is 1. The first-order chi connectivity index (χ1) is 15.5. The number of amides is 1. The molecule has 4 rings (SSSR count). The minimum atomic E-state index is -4.44. The molecule has 0 radical (unpaired) electrons. The lowest BCUT2D eigenvalue weighted by Gasteiger charge is -2.39. The van der Waals surface area contributed by atoms with Gasteiger partial charge in [0, 0.05) is 44.1 Å². The van der Waals surface area contributed by atoms with Gasteiger partial charge in [-0.3, -0.25) is 4.79 Å². The van der Waals surface area contributed by atoms with Crippen molar-refractivity contribution in [2.24, 2.45) is 11.7 Å². The van der Waals surface area contributed by atoms with Crippen molar-refractivity contribution in [3.8, 4) is 0 Å². The Hall–Kier alpha value is -2.86. The molecule has 0 spiro atoms. The number of rotatable bonds is 6. The van der Waals surface area contributed by atoms with Crippen LogP contribution in [0.25, 0.3) is 0 Å². The van der Waals surface area contributed by atoms with Gasteiger partial charge in [0.2, 0.25) is 15.9 Å². The van der Waals surface area contributed by atoms with Crippen LogP contribution in [0.15, 0.2) is 47.5 Å². The van der Waals surface area contributed by atoms with Gasteiger partial charge >= 0.3 is 6.18 Å². The number of piperidine rings is 1. The van der Waals surface area contributed by atoms with Crippen molar-refractivity contribution in [3.05, 3.63) is 48.2 Å². The fourth-order valence-electron chi connectivity index (χ4n) is 3.94. The molecular formula is C21H24F3N5O3S. The van der Waals surface area contributed by atoms with Crippen LogP contribution in [-0.4, -0.2) is 55.8 Å². The van der Waals surface area contributed by atoms with Gasteiger partial charge in [-0.15, -0.1) is 0 Å². The molecule has 3 N–H and O–H groups in total. The van der Waals surface area contributed by atoms with Gasteiger partial charge in [-0.25, -0.2) is 13.4 Å². The molecule has 2 aliphatic rings. The number of benzene rings is 1. The summed E-state index contributed by atoms with van der Waals surface area (Å²) in [6, 6.07) is 8.69. The molecule has 0 atom stereocenters. The third-order valence-corrected chi connectivity index (χ3v) is 7.93. The summed E-state index contributed by atoms with van der Waals surface area (Å²) in [6.45, 7) is 1.62. The highest BCUT2D eigenvalue weighted by molar-refractivity contribution is 7.89. The van der Waals surface area contributed by atoms with Crippen molar-refractivity contribution < 1.29 is 26.4 Å². The maximum atomic E-state index is 13.0.